The van der Waals surface area contributed by atoms with Crippen LogP contribution in [0.5, 0.6) is 11.6 Å². The van der Waals surface area contributed by atoms with Crippen LogP contribution in [0.1, 0.15) is 16.8 Å². The number of alkyl halides is 3. The molecule has 0 saturated carbocycles. The molecule has 0 saturated heterocycles. The number of hydrogen-bond donors (Lipinski definition) is 0. The number of pyridine rings is 1. The summed E-state index contributed by atoms with van der Waals surface area (Å²) in [6.45, 7) is 1.74. The van der Waals surface area contributed by atoms with Gasteiger partial charge in [-0.3, -0.25) is 0 Å². The standard InChI is InChI=1S/C14H8BrF3N2O/c1-8-2-4-10(15)6-11(8)21-13-9(7-19)3-5-12(20-13)14(16,17)18/h2-6H,1H3. The monoisotopic (exact) mass is 356 g/mol. The fourth-order valence-electron chi connectivity index (χ4n) is 1.55. The zero-order valence-corrected chi connectivity index (χ0v) is 12.3. The molecule has 0 bridgehead atoms. The van der Waals surface area contributed by atoms with Crippen molar-refractivity contribution < 1.29 is 17.9 Å². The summed E-state index contributed by atoms with van der Waals surface area (Å²) in [4.78, 5) is 3.40. The second-order valence-electron chi connectivity index (χ2n) is 4.17. The number of aryl methyl sites for hydroxylation is 1. The van der Waals surface area contributed by atoms with Gasteiger partial charge in [0.2, 0.25) is 5.88 Å². The van der Waals surface area contributed by atoms with Crippen LogP contribution in [0.2, 0.25) is 0 Å². The van der Waals surface area contributed by atoms with Gasteiger partial charge in [0.25, 0.3) is 0 Å². The van der Waals surface area contributed by atoms with Crippen molar-refractivity contribution in [2.45, 2.75) is 13.1 Å². The second kappa shape index (κ2) is 5.74. The van der Waals surface area contributed by atoms with Crippen LogP contribution in [-0.4, -0.2) is 4.98 Å². The zero-order chi connectivity index (χ0) is 15.6. The van der Waals surface area contributed by atoms with Crippen LogP contribution < -0.4 is 4.74 Å². The molecule has 0 fully saturated rings. The van der Waals surface area contributed by atoms with Crippen LogP contribution in [0, 0.1) is 18.3 Å². The summed E-state index contributed by atoms with van der Waals surface area (Å²) in [5, 5.41) is 8.95. The maximum absolute atomic E-state index is 12.7. The Kier molecular flexibility index (Phi) is 4.19. The van der Waals surface area contributed by atoms with Gasteiger partial charge in [0.05, 0.1) is 0 Å². The molecular weight excluding hydrogens is 349 g/mol. The number of aromatic nitrogens is 1. The lowest BCUT2D eigenvalue weighted by Crippen LogP contribution is -2.09. The van der Waals surface area contributed by atoms with Gasteiger partial charge < -0.3 is 4.74 Å². The highest BCUT2D eigenvalue weighted by Crippen LogP contribution is 2.33. The van der Waals surface area contributed by atoms with E-state index in [2.05, 4.69) is 20.9 Å². The first-order valence-corrected chi connectivity index (χ1v) is 6.53. The Morgan fingerprint density at radius 3 is 2.57 bits per heavy atom. The molecule has 0 spiro atoms. The van der Waals surface area contributed by atoms with E-state index in [0.29, 0.717) is 15.8 Å². The van der Waals surface area contributed by atoms with Crippen molar-refractivity contribution in [2.24, 2.45) is 0 Å². The minimum Gasteiger partial charge on any atom is -0.437 e. The van der Waals surface area contributed by atoms with Crippen molar-refractivity contribution in [3.05, 3.63) is 51.6 Å². The Hall–Kier alpha value is -2.07. The van der Waals surface area contributed by atoms with Crippen LogP contribution in [-0.2, 0) is 6.18 Å². The molecule has 108 valence electrons. The highest BCUT2D eigenvalue weighted by Gasteiger charge is 2.33. The van der Waals surface area contributed by atoms with Crippen LogP contribution in [0.15, 0.2) is 34.8 Å². The van der Waals surface area contributed by atoms with Crippen LogP contribution in [0.4, 0.5) is 13.2 Å². The number of ether oxygens (including phenoxy) is 1. The average Bonchev–Trinajstić information content (AvgIpc) is 2.42. The maximum atomic E-state index is 12.7. The molecule has 0 amide bonds. The third kappa shape index (κ3) is 3.52. The average molecular weight is 357 g/mol. The van der Waals surface area contributed by atoms with E-state index in [1.165, 1.54) is 0 Å². The Labute approximate surface area is 127 Å². The molecule has 3 nitrogen and oxygen atoms in total. The van der Waals surface area contributed by atoms with Gasteiger partial charge in [-0.2, -0.15) is 18.4 Å². The first-order chi connectivity index (χ1) is 9.81. The summed E-state index contributed by atoms with van der Waals surface area (Å²) in [6, 6.07) is 8.65. The molecule has 0 aliphatic rings. The van der Waals surface area contributed by atoms with Crippen LogP contribution >= 0.6 is 15.9 Å². The highest BCUT2D eigenvalue weighted by molar-refractivity contribution is 9.10. The Morgan fingerprint density at radius 1 is 1.24 bits per heavy atom. The van der Waals surface area contributed by atoms with E-state index in [9.17, 15) is 13.2 Å². The van der Waals surface area contributed by atoms with Gasteiger partial charge in [0.15, 0.2) is 0 Å². The molecule has 0 N–H and O–H groups in total. The van der Waals surface area contributed by atoms with Crippen LogP contribution in [0.25, 0.3) is 0 Å². The molecule has 0 unspecified atom stereocenters. The predicted molar refractivity (Wildman–Crippen MR) is 72.9 cm³/mol. The lowest BCUT2D eigenvalue weighted by atomic mass is 10.2. The van der Waals surface area contributed by atoms with E-state index in [1.54, 1.807) is 31.2 Å². The van der Waals surface area contributed by atoms with Gasteiger partial charge in [0, 0.05) is 4.47 Å². The largest absolute Gasteiger partial charge is 0.437 e. The lowest BCUT2D eigenvalue weighted by Gasteiger charge is -2.12. The summed E-state index contributed by atoms with van der Waals surface area (Å²) in [5.74, 6) is -0.0405. The van der Waals surface area contributed by atoms with Gasteiger partial charge in [-0.15, -0.1) is 0 Å². The summed E-state index contributed by atoms with van der Waals surface area (Å²) in [7, 11) is 0. The molecule has 0 aliphatic carbocycles. The van der Waals surface area contributed by atoms with Crippen molar-refractivity contribution in [3.63, 3.8) is 0 Å². The topological polar surface area (TPSA) is 45.9 Å². The molecule has 1 aromatic heterocycles. The van der Waals surface area contributed by atoms with Gasteiger partial charge in [-0.1, -0.05) is 22.0 Å². The normalized spacial score (nSPS) is 11.0. The molecule has 21 heavy (non-hydrogen) atoms. The van der Waals surface area contributed by atoms with Crippen LogP contribution in [0.3, 0.4) is 0 Å². The molecule has 0 radical (unpaired) electrons. The smallest absolute Gasteiger partial charge is 0.433 e. The van der Waals surface area contributed by atoms with Gasteiger partial charge in [-0.05, 0) is 36.8 Å². The number of halogens is 4. The number of rotatable bonds is 2. The maximum Gasteiger partial charge on any atom is 0.433 e. The molecule has 2 aromatic rings. The summed E-state index contributed by atoms with van der Waals surface area (Å²) < 4.78 is 44.1. The number of hydrogen-bond acceptors (Lipinski definition) is 3. The fraction of sp³-hybridized carbons (Fsp3) is 0.143. The lowest BCUT2D eigenvalue weighted by molar-refractivity contribution is -0.141. The Bertz CT molecular complexity index is 723. The van der Waals surface area contributed by atoms with Gasteiger partial charge >= 0.3 is 6.18 Å². The van der Waals surface area contributed by atoms with E-state index < -0.39 is 11.9 Å². The third-order valence-corrected chi connectivity index (χ3v) is 3.12. The summed E-state index contributed by atoms with van der Waals surface area (Å²) in [6.07, 6.45) is -4.60. The predicted octanol–water partition coefficient (Wildman–Crippen LogP) is 4.84. The van der Waals surface area contributed by atoms with E-state index in [-0.39, 0.29) is 11.4 Å². The van der Waals surface area contributed by atoms with Crippen molar-refractivity contribution in [3.8, 4) is 17.7 Å². The fourth-order valence-corrected chi connectivity index (χ4v) is 1.89. The number of nitrogens with zero attached hydrogens (tertiary/aromatic N) is 2. The minimum atomic E-state index is -4.60. The molecule has 0 atom stereocenters. The SMILES string of the molecule is Cc1ccc(Br)cc1Oc1nc(C(F)(F)F)ccc1C#N. The Balaban J connectivity index is 2.47. The van der Waals surface area contributed by atoms with Crippen molar-refractivity contribution in [2.75, 3.05) is 0 Å². The van der Waals surface area contributed by atoms with E-state index in [1.807, 2.05) is 0 Å². The third-order valence-electron chi connectivity index (χ3n) is 2.63. The zero-order valence-electron chi connectivity index (χ0n) is 10.7. The highest BCUT2D eigenvalue weighted by atomic mass is 79.9. The summed E-state index contributed by atoms with van der Waals surface area (Å²) >= 11 is 3.25. The number of benzene rings is 1. The van der Waals surface area contributed by atoms with Crippen molar-refractivity contribution in [1.82, 2.24) is 4.98 Å². The number of nitriles is 1. The van der Waals surface area contributed by atoms with Gasteiger partial charge in [-0.25, -0.2) is 4.98 Å². The molecule has 0 aliphatic heterocycles. The molecule has 2 rings (SSSR count). The van der Waals surface area contributed by atoms with Gasteiger partial charge in [0.1, 0.15) is 23.1 Å². The van der Waals surface area contributed by atoms with Crippen molar-refractivity contribution >= 4 is 15.9 Å². The second-order valence-corrected chi connectivity index (χ2v) is 5.09. The van der Waals surface area contributed by atoms with E-state index in [0.717, 1.165) is 12.1 Å². The van der Waals surface area contributed by atoms with E-state index >= 15 is 0 Å². The minimum absolute atomic E-state index is 0.0672. The van der Waals surface area contributed by atoms with E-state index in [4.69, 9.17) is 10.00 Å². The first-order valence-electron chi connectivity index (χ1n) is 5.73. The molecule has 1 aromatic carbocycles. The first kappa shape index (κ1) is 15.3. The molecule has 7 heteroatoms. The van der Waals surface area contributed by atoms with Crippen molar-refractivity contribution in [1.29, 1.82) is 5.26 Å². The Morgan fingerprint density at radius 2 is 1.95 bits per heavy atom. The molecular formula is C14H8BrF3N2O. The summed E-state index contributed by atoms with van der Waals surface area (Å²) in [5.41, 5.74) is -0.465. The molecule has 1 heterocycles. The quantitative estimate of drug-likeness (QED) is 0.773.